The normalized spacial score (nSPS) is 11.1. The fourth-order valence-electron chi connectivity index (χ4n) is 2.13. The standard InChI is InChI=1S/C13H12ClN5/c1-2-11-9(6-16-17-11)7-3-8-5-12(15)18-19-13(8)10(14)4-7/h3-6H,2H2,1H3,(H2,15,18)(H,16,17). The zero-order valence-corrected chi connectivity index (χ0v) is 11.1. The molecule has 2 heterocycles. The van der Waals surface area contributed by atoms with Gasteiger partial charge < -0.3 is 5.73 Å². The van der Waals surface area contributed by atoms with Crippen molar-refractivity contribution in [1.82, 2.24) is 20.4 Å². The average molecular weight is 274 g/mol. The molecule has 0 saturated heterocycles. The molecule has 0 atom stereocenters. The van der Waals surface area contributed by atoms with Gasteiger partial charge in [-0.2, -0.15) is 5.10 Å². The van der Waals surface area contributed by atoms with Crippen LogP contribution in [0.15, 0.2) is 24.4 Å². The average Bonchev–Trinajstić information content (AvgIpc) is 2.86. The third-order valence-corrected chi connectivity index (χ3v) is 3.32. The minimum Gasteiger partial charge on any atom is -0.382 e. The Morgan fingerprint density at radius 1 is 1.26 bits per heavy atom. The van der Waals surface area contributed by atoms with Crippen molar-refractivity contribution in [2.75, 3.05) is 5.73 Å². The Morgan fingerprint density at radius 2 is 2.11 bits per heavy atom. The van der Waals surface area contributed by atoms with Gasteiger partial charge in [0.05, 0.1) is 10.7 Å². The van der Waals surface area contributed by atoms with E-state index in [4.69, 9.17) is 17.3 Å². The minimum atomic E-state index is 0.378. The Hall–Kier alpha value is -2.14. The van der Waals surface area contributed by atoms with Crippen molar-refractivity contribution >= 4 is 28.3 Å². The minimum absolute atomic E-state index is 0.378. The van der Waals surface area contributed by atoms with Crippen LogP contribution in [-0.2, 0) is 6.42 Å². The van der Waals surface area contributed by atoms with Crippen LogP contribution in [0.3, 0.4) is 0 Å². The maximum absolute atomic E-state index is 6.25. The molecule has 0 spiro atoms. The molecule has 3 N–H and O–H groups in total. The van der Waals surface area contributed by atoms with Gasteiger partial charge in [0, 0.05) is 17.1 Å². The third kappa shape index (κ3) is 2.02. The summed E-state index contributed by atoms with van der Waals surface area (Å²) < 4.78 is 0. The molecule has 0 aliphatic carbocycles. The molecule has 0 aliphatic rings. The highest BCUT2D eigenvalue weighted by atomic mass is 35.5. The van der Waals surface area contributed by atoms with Crippen LogP contribution in [-0.4, -0.2) is 20.4 Å². The second kappa shape index (κ2) is 4.51. The van der Waals surface area contributed by atoms with E-state index in [-0.39, 0.29) is 0 Å². The zero-order valence-electron chi connectivity index (χ0n) is 10.3. The number of hydrogen-bond acceptors (Lipinski definition) is 4. The number of nitrogens with two attached hydrogens (primary N) is 1. The first-order valence-electron chi connectivity index (χ1n) is 5.94. The number of rotatable bonds is 2. The van der Waals surface area contributed by atoms with E-state index in [1.807, 2.05) is 18.3 Å². The predicted molar refractivity (Wildman–Crippen MR) is 75.9 cm³/mol. The number of nitrogens with one attached hydrogen (secondary N) is 1. The summed E-state index contributed by atoms with van der Waals surface area (Å²) in [5.74, 6) is 0.378. The van der Waals surface area contributed by atoms with Gasteiger partial charge in [-0.15, -0.1) is 10.2 Å². The van der Waals surface area contributed by atoms with Gasteiger partial charge >= 0.3 is 0 Å². The second-order valence-electron chi connectivity index (χ2n) is 4.26. The first-order chi connectivity index (χ1) is 9.19. The van der Waals surface area contributed by atoms with Crippen LogP contribution in [0.25, 0.3) is 22.0 Å². The van der Waals surface area contributed by atoms with Crippen LogP contribution in [0.4, 0.5) is 5.82 Å². The summed E-state index contributed by atoms with van der Waals surface area (Å²) in [6, 6.07) is 5.64. The highest BCUT2D eigenvalue weighted by Crippen LogP contribution is 2.31. The number of nitrogen functional groups attached to an aromatic ring is 1. The number of aromatic amines is 1. The second-order valence-corrected chi connectivity index (χ2v) is 4.67. The maximum Gasteiger partial charge on any atom is 0.146 e. The maximum atomic E-state index is 6.25. The molecule has 5 nitrogen and oxygen atoms in total. The molecule has 0 radical (unpaired) electrons. The van der Waals surface area contributed by atoms with E-state index in [1.54, 1.807) is 6.07 Å². The van der Waals surface area contributed by atoms with Gasteiger partial charge in [0.2, 0.25) is 0 Å². The number of hydrogen-bond donors (Lipinski definition) is 2. The van der Waals surface area contributed by atoms with E-state index in [0.717, 1.165) is 28.6 Å². The van der Waals surface area contributed by atoms with E-state index in [9.17, 15) is 0 Å². The molecule has 0 fully saturated rings. The lowest BCUT2D eigenvalue weighted by Gasteiger charge is -2.05. The molecule has 2 aromatic heterocycles. The van der Waals surface area contributed by atoms with Crippen LogP contribution in [0.5, 0.6) is 0 Å². The number of aryl methyl sites for hydroxylation is 1. The fraction of sp³-hybridized carbons (Fsp3) is 0.154. The lowest BCUT2D eigenvalue weighted by Crippen LogP contribution is -1.94. The lowest BCUT2D eigenvalue weighted by atomic mass is 10.0. The van der Waals surface area contributed by atoms with Crippen molar-refractivity contribution in [1.29, 1.82) is 0 Å². The van der Waals surface area contributed by atoms with Gasteiger partial charge in [-0.25, -0.2) is 0 Å². The summed E-state index contributed by atoms with van der Waals surface area (Å²) in [6.45, 7) is 2.06. The molecular formula is C13H12ClN5. The summed E-state index contributed by atoms with van der Waals surface area (Å²) in [6.07, 6.45) is 2.72. The molecule has 6 heteroatoms. The summed E-state index contributed by atoms with van der Waals surface area (Å²) in [5, 5.41) is 16.4. The van der Waals surface area contributed by atoms with Gasteiger partial charge in [0.1, 0.15) is 11.3 Å². The molecule has 96 valence electrons. The van der Waals surface area contributed by atoms with Crippen molar-refractivity contribution in [2.45, 2.75) is 13.3 Å². The molecule has 0 unspecified atom stereocenters. The predicted octanol–water partition coefficient (Wildman–Crippen LogP) is 2.82. The van der Waals surface area contributed by atoms with Crippen molar-refractivity contribution in [2.24, 2.45) is 0 Å². The molecule has 1 aromatic carbocycles. The van der Waals surface area contributed by atoms with E-state index in [1.165, 1.54) is 0 Å². The van der Waals surface area contributed by atoms with Gasteiger partial charge in [-0.3, -0.25) is 5.10 Å². The summed E-state index contributed by atoms with van der Waals surface area (Å²) in [4.78, 5) is 0. The smallest absolute Gasteiger partial charge is 0.146 e. The van der Waals surface area contributed by atoms with E-state index >= 15 is 0 Å². The van der Waals surface area contributed by atoms with E-state index in [2.05, 4.69) is 27.3 Å². The number of halogens is 1. The highest BCUT2D eigenvalue weighted by Gasteiger charge is 2.11. The number of nitrogens with zero attached hydrogens (tertiary/aromatic N) is 3. The monoisotopic (exact) mass is 273 g/mol. The molecule has 0 saturated carbocycles. The number of benzene rings is 1. The zero-order chi connectivity index (χ0) is 13.4. The quantitative estimate of drug-likeness (QED) is 0.752. The van der Waals surface area contributed by atoms with E-state index < -0.39 is 0 Å². The number of anilines is 1. The topological polar surface area (TPSA) is 80.5 Å². The van der Waals surface area contributed by atoms with Crippen molar-refractivity contribution in [3.8, 4) is 11.1 Å². The molecule has 19 heavy (non-hydrogen) atoms. The highest BCUT2D eigenvalue weighted by molar-refractivity contribution is 6.35. The van der Waals surface area contributed by atoms with Crippen LogP contribution >= 0.6 is 11.6 Å². The molecule has 0 amide bonds. The van der Waals surface area contributed by atoms with Crippen LogP contribution in [0, 0.1) is 0 Å². The Balaban J connectivity index is 2.25. The van der Waals surface area contributed by atoms with Crippen LogP contribution in [0.2, 0.25) is 5.02 Å². The van der Waals surface area contributed by atoms with Crippen molar-refractivity contribution < 1.29 is 0 Å². The number of aromatic nitrogens is 4. The molecule has 0 aliphatic heterocycles. The van der Waals surface area contributed by atoms with Gasteiger partial charge in [0.25, 0.3) is 0 Å². The lowest BCUT2D eigenvalue weighted by molar-refractivity contribution is 0.975. The Labute approximate surface area is 114 Å². The van der Waals surface area contributed by atoms with Gasteiger partial charge in [0.15, 0.2) is 0 Å². The summed E-state index contributed by atoms with van der Waals surface area (Å²) in [7, 11) is 0. The van der Waals surface area contributed by atoms with Crippen molar-refractivity contribution in [3.63, 3.8) is 0 Å². The van der Waals surface area contributed by atoms with E-state index in [0.29, 0.717) is 16.4 Å². The fourth-order valence-corrected chi connectivity index (χ4v) is 2.39. The van der Waals surface area contributed by atoms with Crippen LogP contribution in [0.1, 0.15) is 12.6 Å². The third-order valence-electron chi connectivity index (χ3n) is 3.03. The Morgan fingerprint density at radius 3 is 2.89 bits per heavy atom. The summed E-state index contributed by atoms with van der Waals surface area (Å²) in [5.41, 5.74) is 9.36. The Bertz CT molecular complexity index is 750. The Kier molecular flexibility index (Phi) is 2.83. The first kappa shape index (κ1) is 11.9. The molecule has 3 aromatic rings. The first-order valence-corrected chi connectivity index (χ1v) is 6.32. The van der Waals surface area contributed by atoms with Gasteiger partial charge in [-0.05, 0) is 30.2 Å². The molecule has 0 bridgehead atoms. The largest absolute Gasteiger partial charge is 0.382 e. The SMILES string of the molecule is CCc1n[nH]cc1-c1cc(Cl)c2nnc(N)cc2c1. The number of H-pyrrole nitrogens is 1. The van der Waals surface area contributed by atoms with Gasteiger partial charge in [-0.1, -0.05) is 18.5 Å². The summed E-state index contributed by atoms with van der Waals surface area (Å²) >= 11 is 6.25. The number of fused-ring (bicyclic) bond motifs is 1. The van der Waals surface area contributed by atoms with Crippen molar-refractivity contribution in [3.05, 3.63) is 35.1 Å². The van der Waals surface area contributed by atoms with Crippen LogP contribution < -0.4 is 5.73 Å². The molecule has 3 rings (SSSR count). The molecular weight excluding hydrogens is 262 g/mol.